The van der Waals surface area contributed by atoms with E-state index in [0.29, 0.717) is 18.7 Å². The molecule has 0 saturated carbocycles. The molecule has 6 atom stereocenters. The number of benzene rings is 1. The average Bonchev–Trinajstić information content (AvgIpc) is 3.34. The first kappa shape index (κ1) is 28.1. The molecule has 5 N–H and O–H groups in total. The third-order valence-corrected chi connectivity index (χ3v) is 6.92. The molecular formula is C22H33N5O8S. The summed E-state index contributed by atoms with van der Waals surface area (Å²) >= 11 is 0. The van der Waals surface area contributed by atoms with Gasteiger partial charge in [-0.2, -0.15) is 8.42 Å². The van der Waals surface area contributed by atoms with Crippen LogP contribution >= 0.6 is 0 Å². The van der Waals surface area contributed by atoms with Gasteiger partial charge in [0.15, 0.2) is 0 Å². The van der Waals surface area contributed by atoms with Crippen molar-refractivity contribution < 1.29 is 37.1 Å². The van der Waals surface area contributed by atoms with Crippen molar-refractivity contribution in [1.29, 1.82) is 0 Å². The summed E-state index contributed by atoms with van der Waals surface area (Å²) in [5.74, 6) is -1.13. The topological polar surface area (TPSA) is 188 Å². The van der Waals surface area contributed by atoms with Gasteiger partial charge >= 0.3 is 10.3 Å². The molecule has 13 nitrogen and oxygen atoms in total. The molecule has 0 spiro atoms. The maximum atomic E-state index is 12.1. The second kappa shape index (κ2) is 12.7. The van der Waals surface area contributed by atoms with Crippen LogP contribution in [0.15, 0.2) is 36.5 Å². The Morgan fingerprint density at radius 3 is 2.72 bits per heavy atom. The number of aromatic nitrogens is 3. The van der Waals surface area contributed by atoms with Crippen LogP contribution in [0, 0.1) is 5.92 Å². The molecule has 0 bridgehead atoms. The second-order valence-electron chi connectivity index (χ2n) is 8.61. The smallest absolute Gasteiger partial charge is 0.362 e. The van der Waals surface area contributed by atoms with Crippen molar-refractivity contribution in [3.05, 3.63) is 36.5 Å². The average molecular weight is 528 g/mol. The van der Waals surface area contributed by atoms with Crippen molar-refractivity contribution in [3.63, 3.8) is 0 Å². The molecule has 1 amide bonds. The van der Waals surface area contributed by atoms with Gasteiger partial charge in [-0.15, -0.1) is 5.10 Å². The van der Waals surface area contributed by atoms with Gasteiger partial charge in [0.1, 0.15) is 30.1 Å². The summed E-state index contributed by atoms with van der Waals surface area (Å²) in [5, 5.41) is 28.9. The van der Waals surface area contributed by atoms with E-state index < -0.39 is 53.3 Å². The number of carbonyl (C=O) groups excluding carboxylic acids is 1. The molecule has 36 heavy (non-hydrogen) atoms. The monoisotopic (exact) mass is 527 g/mol. The van der Waals surface area contributed by atoms with Crippen LogP contribution in [0.1, 0.15) is 20.3 Å². The highest BCUT2D eigenvalue weighted by Gasteiger charge is 2.40. The molecule has 2 heterocycles. The fourth-order valence-corrected chi connectivity index (χ4v) is 4.24. The number of aliphatic hydroxyl groups is 2. The zero-order valence-corrected chi connectivity index (χ0v) is 21.0. The fraction of sp³-hybridized carbons (Fsp3) is 0.591. The van der Waals surface area contributed by atoms with Gasteiger partial charge in [0.25, 0.3) is 5.91 Å². The molecular weight excluding hydrogens is 494 g/mol. The summed E-state index contributed by atoms with van der Waals surface area (Å²) in [7, 11) is -4.48. The molecule has 1 aliphatic rings. The van der Waals surface area contributed by atoms with Crippen LogP contribution in [0.25, 0.3) is 11.3 Å². The Hall–Kier alpha value is -2.46. The molecule has 1 aromatic heterocycles. The van der Waals surface area contributed by atoms with E-state index in [-0.39, 0.29) is 19.1 Å². The number of aliphatic hydroxyl groups excluding tert-OH is 2. The molecule has 0 unspecified atom stereocenters. The normalized spacial score (nSPS) is 24.2. The van der Waals surface area contributed by atoms with Crippen LogP contribution in [0.4, 0.5) is 0 Å². The van der Waals surface area contributed by atoms with Crippen LogP contribution in [0.3, 0.4) is 0 Å². The Morgan fingerprint density at radius 1 is 1.31 bits per heavy atom. The van der Waals surface area contributed by atoms with Gasteiger partial charge in [-0.1, -0.05) is 55.8 Å². The summed E-state index contributed by atoms with van der Waals surface area (Å²) < 4.78 is 43.3. The number of hydrogen-bond donors (Lipinski definition) is 4. The van der Waals surface area contributed by atoms with E-state index >= 15 is 0 Å². The van der Waals surface area contributed by atoms with Crippen LogP contribution in [-0.4, -0.2) is 89.8 Å². The minimum atomic E-state index is -4.48. The van der Waals surface area contributed by atoms with Gasteiger partial charge in [-0.3, -0.25) is 8.98 Å². The van der Waals surface area contributed by atoms with Gasteiger partial charge in [0.05, 0.1) is 38.6 Å². The highest BCUT2D eigenvalue weighted by atomic mass is 32.2. The second-order valence-corrected chi connectivity index (χ2v) is 9.96. The first-order chi connectivity index (χ1) is 17.1. The third kappa shape index (κ3) is 7.52. The van der Waals surface area contributed by atoms with Crippen molar-refractivity contribution in [1.82, 2.24) is 19.7 Å². The van der Waals surface area contributed by atoms with E-state index in [2.05, 4.69) is 10.3 Å². The van der Waals surface area contributed by atoms with Crippen LogP contribution in [0.5, 0.6) is 0 Å². The minimum absolute atomic E-state index is 0.107. The van der Waals surface area contributed by atoms with Gasteiger partial charge in [0.2, 0.25) is 0 Å². The van der Waals surface area contributed by atoms with E-state index in [0.717, 1.165) is 5.56 Å². The predicted octanol–water partition coefficient (Wildman–Crippen LogP) is -0.798. The Labute approximate surface area is 209 Å². The lowest BCUT2D eigenvalue weighted by molar-refractivity contribution is -0.207. The quantitative estimate of drug-likeness (QED) is 0.270. The molecule has 0 radical (unpaired) electrons. The predicted molar refractivity (Wildman–Crippen MR) is 127 cm³/mol. The maximum absolute atomic E-state index is 12.1. The van der Waals surface area contributed by atoms with Gasteiger partial charge < -0.3 is 25.4 Å². The highest BCUT2D eigenvalue weighted by Crippen LogP contribution is 2.19. The standard InChI is InChI=1S/C22H33N5O8S/c1-3-14(2)19(23)22(30)25-36(31,32)35-13-18-21(29)20(28)17(12-34-18)33-10-9-27-11-16(24-26-27)15-7-5-4-6-8-15/h4-8,11,14,17-21,28-29H,3,9-10,12-13,23H2,1-2H3,(H,25,30)/t14-,17+,18+,19-,20-,21+/m0/s1. The van der Waals surface area contributed by atoms with E-state index in [9.17, 15) is 23.4 Å². The first-order valence-corrected chi connectivity index (χ1v) is 13.0. The van der Waals surface area contributed by atoms with E-state index in [1.165, 1.54) is 0 Å². The summed E-state index contributed by atoms with van der Waals surface area (Å²) in [6.45, 7) is 3.33. The lowest BCUT2D eigenvalue weighted by Crippen LogP contribution is -2.56. The zero-order chi connectivity index (χ0) is 26.3. The molecule has 3 rings (SSSR count). The van der Waals surface area contributed by atoms with Crippen molar-refractivity contribution in [2.45, 2.75) is 57.3 Å². The number of nitrogens with zero attached hydrogens (tertiary/aromatic N) is 3. The molecule has 14 heteroatoms. The summed E-state index contributed by atoms with van der Waals surface area (Å²) in [4.78, 5) is 12.0. The van der Waals surface area contributed by atoms with Crippen LogP contribution in [0.2, 0.25) is 0 Å². The zero-order valence-electron chi connectivity index (χ0n) is 20.1. The number of nitrogens with two attached hydrogens (primary N) is 1. The van der Waals surface area contributed by atoms with Crippen molar-refractivity contribution in [3.8, 4) is 11.3 Å². The van der Waals surface area contributed by atoms with Crippen LogP contribution < -0.4 is 10.5 Å². The summed E-state index contributed by atoms with van der Waals surface area (Å²) in [5.41, 5.74) is 7.36. The Morgan fingerprint density at radius 2 is 2.03 bits per heavy atom. The lowest BCUT2D eigenvalue weighted by Gasteiger charge is -2.37. The summed E-state index contributed by atoms with van der Waals surface area (Å²) in [6.07, 6.45) is -2.47. The molecule has 1 saturated heterocycles. The number of ether oxygens (including phenoxy) is 2. The molecule has 200 valence electrons. The fourth-order valence-electron chi connectivity index (χ4n) is 3.49. The summed E-state index contributed by atoms with van der Waals surface area (Å²) in [6, 6.07) is 8.53. The largest absolute Gasteiger partial charge is 0.388 e. The Balaban J connectivity index is 1.43. The minimum Gasteiger partial charge on any atom is -0.388 e. The van der Waals surface area contributed by atoms with Gasteiger partial charge in [-0.25, -0.2) is 9.40 Å². The lowest BCUT2D eigenvalue weighted by atomic mass is 10.00. The first-order valence-electron chi connectivity index (χ1n) is 11.6. The SMILES string of the molecule is CC[C@H](C)[C@H](N)C(=O)NS(=O)(=O)OC[C@H]1OC[C@@H](OCCn2cc(-c3ccccc3)nn2)[C@H](O)[C@@H]1O. The number of rotatable bonds is 12. The number of amides is 1. The molecule has 1 aromatic carbocycles. The molecule has 2 aromatic rings. The highest BCUT2D eigenvalue weighted by molar-refractivity contribution is 7.85. The van der Waals surface area contributed by atoms with Crippen molar-refractivity contribution in [2.75, 3.05) is 19.8 Å². The molecule has 1 fully saturated rings. The molecule has 1 aliphatic heterocycles. The van der Waals surface area contributed by atoms with E-state index in [4.69, 9.17) is 19.4 Å². The number of carbonyl (C=O) groups is 1. The van der Waals surface area contributed by atoms with E-state index in [1.807, 2.05) is 37.3 Å². The van der Waals surface area contributed by atoms with Gasteiger partial charge in [-0.05, 0) is 5.92 Å². The van der Waals surface area contributed by atoms with Crippen molar-refractivity contribution in [2.24, 2.45) is 11.7 Å². The van der Waals surface area contributed by atoms with Gasteiger partial charge in [0, 0.05) is 5.56 Å². The Kier molecular flexibility index (Phi) is 9.90. The third-order valence-electron chi connectivity index (χ3n) is 6.02. The van der Waals surface area contributed by atoms with E-state index in [1.54, 1.807) is 22.5 Å². The Bertz CT molecular complexity index is 1080. The van der Waals surface area contributed by atoms with Crippen LogP contribution in [-0.2, 0) is 35.3 Å². The maximum Gasteiger partial charge on any atom is 0.362 e. The van der Waals surface area contributed by atoms with Crippen molar-refractivity contribution >= 4 is 16.2 Å². The number of nitrogens with one attached hydrogen (secondary N) is 1. The number of hydrogen-bond acceptors (Lipinski definition) is 11. The molecule has 0 aliphatic carbocycles.